The van der Waals surface area contributed by atoms with Crippen LogP contribution in [-0.2, 0) is 6.54 Å². The van der Waals surface area contributed by atoms with Gasteiger partial charge in [-0.1, -0.05) is 36.0 Å². The molecule has 2 N–H and O–H groups in total. The lowest BCUT2D eigenvalue weighted by atomic mass is 10.2. The number of rotatable bonds is 3. The maximum Gasteiger partial charge on any atom is 0.124 e. The zero-order valence-electron chi connectivity index (χ0n) is 8.69. The normalized spacial score (nSPS) is 10.4. The third kappa shape index (κ3) is 2.62. The molecule has 0 bridgehead atoms. The molecule has 0 spiro atoms. The average molecular weight is 233 g/mol. The summed E-state index contributed by atoms with van der Waals surface area (Å²) in [5.41, 5.74) is 6.73. The average Bonchev–Trinajstić information content (AvgIpc) is 2.30. The molecule has 0 aliphatic rings. The van der Waals surface area contributed by atoms with Gasteiger partial charge in [0.05, 0.1) is 0 Å². The Morgan fingerprint density at radius 2 is 1.88 bits per heavy atom. The largest absolute Gasteiger partial charge is 0.326 e. The molecule has 0 aliphatic heterocycles. The maximum absolute atomic E-state index is 13.0. The zero-order valence-corrected chi connectivity index (χ0v) is 9.51. The Morgan fingerprint density at radius 1 is 1.06 bits per heavy atom. The van der Waals surface area contributed by atoms with Crippen molar-refractivity contribution in [1.29, 1.82) is 0 Å². The SMILES string of the molecule is NCc1ccccc1Sc1cccc(F)c1. The van der Waals surface area contributed by atoms with Crippen molar-refractivity contribution in [3.8, 4) is 0 Å². The van der Waals surface area contributed by atoms with Crippen molar-refractivity contribution < 1.29 is 4.39 Å². The van der Waals surface area contributed by atoms with Gasteiger partial charge in [0.15, 0.2) is 0 Å². The van der Waals surface area contributed by atoms with Crippen LogP contribution in [0.2, 0.25) is 0 Å². The van der Waals surface area contributed by atoms with Crippen molar-refractivity contribution in [1.82, 2.24) is 0 Å². The van der Waals surface area contributed by atoms with Gasteiger partial charge in [0.25, 0.3) is 0 Å². The monoisotopic (exact) mass is 233 g/mol. The van der Waals surface area contributed by atoms with Gasteiger partial charge in [-0.15, -0.1) is 0 Å². The van der Waals surface area contributed by atoms with E-state index in [9.17, 15) is 4.39 Å². The lowest BCUT2D eigenvalue weighted by Crippen LogP contribution is -1.97. The van der Waals surface area contributed by atoms with Crippen LogP contribution in [-0.4, -0.2) is 0 Å². The van der Waals surface area contributed by atoms with Crippen molar-refractivity contribution in [2.75, 3.05) is 0 Å². The van der Waals surface area contributed by atoms with E-state index in [0.717, 1.165) is 15.4 Å². The lowest BCUT2D eigenvalue weighted by molar-refractivity contribution is 0.624. The Kier molecular flexibility index (Phi) is 3.59. The second-order valence-electron chi connectivity index (χ2n) is 3.37. The van der Waals surface area contributed by atoms with E-state index < -0.39 is 0 Å². The molecule has 0 saturated carbocycles. The van der Waals surface area contributed by atoms with Crippen molar-refractivity contribution >= 4 is 11.8 Å². The molecule has 2 aromatic rings. The highest BCUT2D eigenvalue weighted by Crippen LogP contribution is 2.30. The molecule has 2 aromatic carbocycles. The molecule has 16 heavy (non-hydrogen) atoms. The smallest absolute Gasteiger partial charge is 0.124 e. The van der Waals surface area contributed by atoms with Crippen molar-refractivity contribution in [3.05, 3.63) is 59.9 Å². The van der Waals surface area contributed by atoms with Crippen molar-refractivity contribution in [3.63, 3.8) is 0 Å². The van der Waals surface area contributed by atoms with Crippen LogP contribution in [0.4, 0.5) is 4.39 Å². The van der Waals surface area contributed by atoms with Gasteiger partial charge in [-0.2, -0.15) is 0 Å². The fraction of sp³-hybridized carbons (Fsp3) is 0.0769. The molecule has 0 aromatic heterocycles. The summed E-state index contributed by atoms with van der Waals surface area (Å²) in [5, 5.41) is 0. The van der Waals surface area contributed by atoms with Gasteiger partial charge in [0.1, 0.15) is 5.82 Å². The third-order valence-corrected chi connectivity index (χ3v) is 3.32. The Bertz CT molecular complexity index is 485. The van der Waals surface area contributed by atoms with Crippen LogP contribution < -0.4 is 5.73 Å². The van der Waals surface area contributed by atoms with Crippen LogP contribution in [0.15, 0.2) is 58.3 Å². The Morgan fingerprint density at radius 3 is 2.62 bits per heavy atom. The van der Waals surface area contributed by atoms with Crippen LogP contribution in [0.3, 0.4) is 0 Å². The van der Waals surface area contributed by atoms with E-state index in [0.29, 0.717) is 6.54 Å². The van der Waals surface area contributed by atoms with Crippen LogP contribution in [0, 0.1) is 5.82 Å². The minimum absolute atomic E-state index is 0.213. The Labute approximate surface area is 98.5 Å². The van der Waals surface area contributed by atoms with E-state index >= 15 is 0 Å². The fourth-order valence-electron chi connectivity index (χ4n) is 1.43. The lowest BCUT2D eigenvalue weighted by Gasteiger charge is -2.06. The molecule has 2 rings (SSSR count). The van der Waals surface area contributed by atoms with Gasteiger partial charge in [-0.3, -0.25) is 0 Å². The summed E-state index contributed by atoms with van der Waals surface area (Å²) in [4.78, 5) is 1.97. The van der Waals surface area contributed by atoms with Crippen LogP contribution in [0.25, 0.3) is 0 Å². The van der Waals surface area contributed by atoms with Crippen LogP contribution >= 0.6 is 11.8 Å². The van der Waals surface area contributed by atoms with E-state index in [4.69, 9.17) is 5.73 Å². The highest BCUT2D eigenvalue weighted by molar-refractivity contribution is 7.99. The summed E-state index contributed by atoms with van der Waals surface area (Å²) >= 11 is 1.53. The molecular formula is C13H12FNS. The van der Waals surface area contributed by atoms with E-state index in [1.807, 2.05) is 30.3 Å². The number of hydrogen-bond donors (Lipinski definition) is 1. The topological polar surface area (TPSA) is 26.0 Å². The van der Waals surface area contributed by atoms with Gasteiger partial charge < -0.3 is 5.73 Å². The minimum atomic E-state index is -0.213. The standard InChI is InChI=1S/C13H12FNS/c14-11-5-3-6-12(8-11)16-13-7-2-1-4-10(13)9-15/h1-8H,9,15H2. The number of nitrogens with two attached hydrogens (primary N) is 1. The molecule has 0 saturated heterocycles. The van der Waals surface area contributed by atoms with E-state index in [2.05, 4.69) is 0 Å². The minimum Gasteiger partial charge on any atom is -0.326 e. The van der Waals surface area contributed by atoms with Crippen molar-refractivity contribution in [2.45, 2.75) is 16.3 Å². The molecule has 3 heteroatoms. The highest BCUT2D eigenvalue weighted by Gasteiger charge is 2.02. The molecule has 0 atom stereocenters. The van der Waals surface area contributed by atoms with Crippen molar-refractivity contribution in [2.24, 2.45) is 5.73 Å². The first-order valence-corrected chi connectivity index (χ1v) is 5.82. The van der Waals surface area contributed by atoms with Gasteiger partial charge in [-0.25, -0.2) is 4.39 Å². The number of halogens is 1. The summed E-state index contributed by atoms with van der Waals surface area (Å²) in [5.74, 6) is -0.213. The number of benzene rings is 2. The van der Waals surface area contributed by atoms with Crippen LogP contribution in [0.1, 0.15) is 5.56 Å². The predicted molar refractivity (Wildman–Crippen MR) is 64.9 cm³/mol. The fourth-order valence-corrected chi connectivity index (χ4v) is 2.43. The first kappa shape index (κ1) is 11.2. The molecule has 0 radical (unpaired) electrons. The van der Waals surface area contributed by atoms with E-state index in [-0.39, 0.29) is 5.82 Å². The molecule has 0 fully saturated rings. The van der Waals surface area contributed by atoms with Gasteiger partial charge in [-0.05, 0) is 29.8 Å². The second kappa shape index (κ2) is 5.14. The quantitative estimate of drug-likeness (QED) is 0.878. The molecule has 0 aliphatic carbocycles. The summed E-state index contributed by atoms with van der Waals surface area (Å²) < 4.78 is 13.0. The molecule has 82 valence electrons. The van der Waals surface area contributed by atoms with E-state index in [1.54, 1.807) is 6.07 Å². The first-order valence-electron chi connectivity index (χ1n) is 5.01. The van der Waals surface area contributed by atoms with E-state index in [1.165, 1.54) is 23.9 Å². The molecule has 0 unspecified atom stereocenters. The molecule has 1 nitrogen and oxygen atoms in total. The molecule has 0 heterocycles. The van der Waals surface area contributed by atoms with Crippen LogP contribution in [0.5, 0.6) is 0 Å². The summed E-state index contributed by atoms with van der Waals surface area (Å²) in [6.45, 7) is 0.499. The summed E-state index contributed by atoms with van der Waals surface area (Å²) in [6.07, 6.45) is 0. The first-order chi connectivity index (χ1) is 7.79. The zero-order chi connectivity index (χ0) is 11.4. The third-order valence-electron chi connectivity index (χ3n) is 2.22. The maximum atomic E-state index is 13.0. The molecular weight excluding hydrogens is 221 g/mol. The Hall–Kier alpha value is -1.32. The number of hydrogen-bond acceptors (Lipinski definition) is 2. The molecule has 0 amide bonds. The van der Waals surface area contributed by atoms with Gasteiger partial charge in [0.2, 0.25) is 0 Å². The van der Waals surface area contributed by atoms with Gasteiger partial charge >= 0.3 is 0 Å². The Balaban J connectivity index is 2.26. The van der Waals surface area contributed by atoms with Gasteiger partial charge in [0, 0.05) is 16.3 Å². The predicted octanol–water partition coefficient (Wildman–Crippen LogP) is 3.44. The summed E-state index contributed by atoms with van der Waals surface area (Å²) in [6, 6.07) is 14.5. The highest BCUT2D eigenvalue weighted by atomic mass is 32.2. The summed E-state index contributed by atoms with van der Waals surface area (Å²) in [7, 11) is 0. The second-order valence-corrected chi connectivity index (χ2v) is 4.49.